The molecule has 2 nitrogen and oxygen atoms in total. The van der Waals surface area contributed by atoms with Crippen molar-refractivity contribution in [1.29, 1.82) is 0 Å². The summed E-state index contributed by atoms with van der Waals surface area (Å²) in [5.74, 6) is -1.16. The van der Waals surface area contributed by atoms with Gasteiger partial charge in [-0.2, -0.15) is 13.2 Å². The van der Waals surface area contributed by atoms with E-state index < -0.39 is 12.1 Å². The molecule has 0 saturated carbocycles. The summed E-state index contributed by atoms with van der Waals surface area (Å²) in [5.41, 5.74) is 3.71. The summed E-state index contributed by atoms with van der Waals surface area (Å²) in [5, 5.41) is 3.28. The van der Waals surface area contributed by atoms with Gasteiger partial charge in [0.15, 0.2) is 0 Å². The maximum atomic E-state index is 12.8. The first-order chi connectivity index (χ1) is 9.52. The van der Waals surface area contributed by atoms with E-state index in [9.17, 15) is 13.2 Å². The van der Waals surface area contributed by atoms with Crippen molar-refractivity contribution in [2.24, 2.45) is 5.92 Å². The van der Waals surface area contributed by atoms with E-state index in [1.54, 1.807) is 0 Å². The standard InChI is InChI=1S/C15H19F3N2/c16-15(17,18)14-2-1-5-20(10-14)9-11-3-4-12-7-19-8-13(12)6-11/h3-4,6,14,19H,1-2,5,7-10H2. The van der Waals surface area contributed by atoms with Crippen molar-refractivity contribution in [3.63, 3.8) is 0 Å². The van der Waals surface area contributed by atoms with E-state index in [1.165, 1.54) is 11.1 Å². The molecule has 2 aliphatic heterocycles. The molecule has 110 valence electrons. The molecule has 3 rings (SSSR count). The van der Waals surface area contributed by atoms with E-state index >= 15 is 0 Å². The molecule has 1 unspecified atom stereocenters. The average molecular weight is 284 g/mol. The van der Waals surface area contributed by atoms with Crippen LogP contribution in [0.15, 0.2) is 18.2 Å². The Morgan fingerprint density at radius 1 is 1.20 bits per heavy atom. The highest BCUT2D eigenvalue weighted by atomic mass is 19.4. The van der Waals surface area contributed by atoms with E-state index in [-0.39, 0.29) is 13.0 Å². The molecule has 1 aromatic carbocycles. The summed E-state index contributed by atoms with van der Waals surface area (Å²) in [6, 6.07) is 6.27. The van der Waals surface area contributed by atoms with E-state index in [0.717, 1.165) is 25.2 Å². The molecule has 20 heavy (non-hydrogen) atoms. The largest absolute Gasteiger partial charge is 0.393 e. The minimum absolute atomic E-state index is 0.138. The first-order valence-electron chi connectivity index (χ1n) is 7.13. The minimum atomic E-state index is -4.06. The topological polar surface area (TPSA) is 15.3 Å². The smallest absolute Gasteiger partial charge is 0.309 e. The van der Waals surface area contributed by atoms with E-state index in [0.29, 0.717) is 13.0 Å². The highest BCUT2D eigenvalue weighted by Crippen LogP contribution is 2.33. The van der Waals surface area contributed by atoms with Crippen molar-refractivity contribution < 1.29 is 13.2 Å². The zero-order chi connectivity index (χ0) is 14.2. The first kappa shape index (κ1) is 13.9. The quantitative estimate of drug-likeness (QED) is 0.898. The van der Waals surface area contributed by atoms with Crippen molar-refractivity contribution >= 4 is 0 Å². The van der Waals surface area contributed by atoms with Crippen molar-refractivity contribution in [3.05, 3.63) is 34.9 Å². The molecule has 5 heteroatoms. The summed E-state index contributed by atoms with van der Waals surface area (Å²) in [7, 11) is 0. The van der Waals surface area contributed by atoms with Crippen molar-refractivity contribution in [3.8, 4) is 0 Å². The Morgan fingerprint density at radius 3 is 2.80 bits per heavy atom. The van der Waals surface area contributed by atoms with Crippen LogP contribution < -0.4 is 5.32 Å². The molecular formula is C15H19F3N2. The van der Waals surface area contributed by atoms with Crippen LogP contribution in [0.3, 0.4) is 0 Å². The molecule has 1 aromatic rings. The molecule has 2 heterocycles. The maximum absolute atomic E-state index is 12.8. The third kappa shape index (κ3) is 2.99. The lowest BCUT2D eigenvalue weighted by atomic mass is 9.97. The lowest BCUT2D eigenvalue weighted by molar-refractivity contribution is -0.187. The number of nitrogens with zero attached hydrogens (tertiary/aromatic N) is 1. The summed E-state index contributed by atoms with van der Waals surface area (Å²) >= 11 is 0. The molecule has 1 saturated heterocycles. The monoisotopic (exact) mass is 284 g/mol. The van der Waals surface area contributed by atoms with Gasteiger partial charge in [-0.3, -0.25) is 4.90 Å². The van der Waals surface area contributed by atoms with Crippen LogP contribution >= 0.6 is 0 Å². The number of hydrogen-bond donors (Lipinski definition) is 1. The fourth-order valence-corrected chi connectivity index (χ4v) is 3.17. The van der Waals surface area contributed by atoms with Crippen LogP contribution in [0, 0.1) is 5.92 Å². The number of hydrogen-bond acceptors (Lipinski definition) is 2. The third-order valence-corrected chi connectivity index (χ3v) is 4.28. The van der Waals surface area contributed by atoms with E-state index in [2.05, 4.69) is 17.4 Å². The predicted molar refractivity (Wildman–Crippen MR) is 71.0 cm³/mol. The van der Waals surface area contributed by atoms with Gasteiger partial charge in [0.1, 0.15) is 0 Å². The Hall–Kier alpha value is -1.07. The molecule has 1 N–H and O–H groups in total. The van der Waals surface area contributed by atoms with Gasteiger partial charge >= 0.3 is 6.18 Å². The maximum Gasteiger partial charge on any atom is 0.393 e. The fraction of sp³-hybridized carbons (Fsp3) is 0.600. The number of benzene rings is 1. The van der Waals surface area contributed by atoms with Crippen LogP contribution in [0.4, 0.5) is 13.2 Å². The van der Waals surface area contributed by atoms with Gasteiger partial charge < -0.3 is 5.32 Å². The highest BCUT2D eigenvalue weighted by Gasteiger charge is 2.41. The molecule has 1 atom stereocenters. The third-order valence-electron chi connectivity index (χ3n) is 4.28. The van der Waals surface area contributed by atoms with Crippen LogP contribution in [-0.2, 0) is 19.6 Å². The summed E-state index contributed by atoms with van der Waals surface area (Å²) < 4.78 is 38.4. The van der Waals surface area contributed by atoms with Gasteiger partial charge in [-0.1, -0.05) is 18.2 Å². The summed E-state index contributed by atoms with van der Waals surface area (Å²) in [6.45, 7) is 3.30. The summed E-state index contributed by atoms with van der Waals surface area (Å²) in [6.07, 6.45) is -3.15. The molecule has 1 fully saturated rings. The SMILES string of the molecule is FC(F)(F)C1CCCN(Cc2ccc3c(c2)CNC3)C1. The minimum Gasteiger partial charge on any atom is -0.309 e. The number of likely N-dealkylation sites (tertiary alicyclic amines) is 1. The predicted octanol–water partition coefficient (Wildman–Crippen LogP) is 3.06. The number of rotatable bonds is 2. The molecule has 0 bridgehead atoms. The number of alkyl halides is 3. The second-order valence-electron chi connectivity index (χ2n) is 5.82. The van der Waals surface area contributed by atoms with Gasteiger partial charge in [-0.25, -0.2) is 0 Å². The van der Waals surface area contributed by atoms with Gasteiger partial charge in [-0.05, 0) is 36.1 Å². The van der Waals surface area contributed by atoms with Crippen LogP contribution in [0.5, 0.6) is 0 Å². The molecule has 0 spiro atoms. The lowest BCUT2D eigenvalue weighted by Crippen LogP contribution is -2.41. The average Bonchev–Trinajstić information content (AvgIpc) is 2.85. The number of fused-ring (bicyclic) bond motifs is 1. The molecule has 0 aromatic heterocycles. The normalized spacial score (nSPS) is 23.9. The van der Waals surface area contributed by atoms with Gasteiger partial charge in [0.05, 0.1) is 5.92 Å². The van der Waals surface area contributed by atoms with Crippen molar-refractivity contribution in [2.75, 3.05) is 13.1 Å². The Kier molecular flexibility index (Phi) is 3.73. The molecule has 0 aliphatic carbocycles. The molecule has 2 aliphatic rings. The van der Waals surface area contributed by atoms with Crippen LogP contribution in [0.25, 0.3) is 0 Å². The van der Waals surface area contributed by atoms with Gasteiger partial charge in [0.25, 0.3) is 0 Å². The van der Waals surface area contributed by atoms with Gasteiger partial charge in [-0.15, -0.1) is 0 Å². The Bertz CT molecular complexity index is 484. The van der Waals surface area contributed by atoms with Gasteiger partial charge in [0, 0.05) is 26.2 Å². The number of halogens is 3. The van der Waals surface area contributed by atoms with Crippen LogP contribution in [0.1, 0.15) is 29.5 Å². The van der Waals surface area contributed by atoms with Crippen molar-refractivity contribution in [1.82, 2.24) is 10.2 Å². The lowest BCUT2D eigenvalue weighted by Gasteiger charge is -2.33. The number of piperidine rings is 1. The molecule has 0 radical (unpaired) electrons. The Balaban J connectivity index is 1.65. The van der Waals surface area contributed by atoms with Crippen LogP contribution in [-0.4, -0.2) is 24.2 Å². The second kappa shape index (κ2) is 5.37. The van der Waals surface area contributed by atoms with Crippen molar-refractivity contribution in [2.45, 2.75) is 38.7 Å². The second-order valence-corrected chi connectivity index (χ2v) is 5.82. The Morgan fingerprint density at radius 2 is 2.00 bits per heavy atom. The summed E-state index contributed by atoms with van der Waals surface area (Å²) in [4.78, 5) is 1.94. The number of nitrogens with one attached hydrogen (secondary N) is 1. The van der Waals surface area contributed by atoms with E-state index in [4.69, 9.17) is 0 Å². The first-order valence-corrected chi connectivity index (χ1v) is 7.13. The van der Waals surface area contributed by atoms with Gasteiger partial charge in [0.2, 0.25) is 0 Å². The fourth-order valence-electron chi connectivity index (χ4n) is 3.17. The zero-order valence-electron chi connectivity index (χ0n) is 11.3. The van der Waals surface area contributed by atoms with Crippen LogP contribution in [0.2, 0.25) is 0 Å². The van der Waals surface area contributed by atoms with E-state index in [1.807, 2.05) is 11.0 Å². The zero-order valence-corrected chi connectivity index (χ0v) is 11.3. The highest BCUT2D eigenvalue weighted by molar-refractivity contribution is 5.34. The molecule has 0 amide bonds. The Labute approximate surface area is 117 Å². The molecular weight excluding hydrogens is 265 g/mol.